The Labute approximate surface area is 80.9 Å². The molecule has 0 radical (unpaired) electrons. The third-order valence-electron chi connectivity index (χ3n) is 3.30. The molecule has 1 nitrogen and oxygen atoms in total. The molecule has 0 spiro atoms. The summed E-state index contributed by atoms with van der Waals surface area (Å²) in [7, 11) is 0. The van der Waals surface area contributed by atoms with Crippen molar-refractivity contribution >= 4 is 0 Å². The highest BCUT2D eigenvalue weighted by Crippen LogP contribution is 2.39. The predicted molar refractivity (Wildman–Crippen MR) is 54.3 cm³/mol. The van der Waals surface area contributed by atoms with Crippen molar-refractivity contribution in [3.05, 3.63) is 0 Å². The molecule has 1 saturated carbocycles. The lowest BCUT2D eigenvalue weighted by molar-refractivity contribution is 0.158. The van der Waals surface area contributed by atoms with Gasteiger partial charge in [0, 0.05) is 6.54 Å². The summed E-state index contributed by atoms with van der Waals surface area (Å²) in [6, 6.07) is 0. The summed E-state index contributed by atoms with van der Waals surface area (Å²) in [6.45, 7) is 4.80. The zero-order chi connectivity index (χ0) is 9.90. The molecule has 1 unspecified atom stereocenters. The lowest BCUT2D eigenvalue weighted by Crippen LogP contribution is -2.25. The van der Waals surface area contributed by atoms with Crippen molar-refractivity contribution in [2.24, 2.45) is 17.1 Å². The fourth-order valence-corrected chi connectivity index (χ4v) is 2.15. The van der Waals surface area contributed by atoms with Crippen LogP contribution in [-0.2, 0) is 0 Å². The van der Waals surface area contributed by atoms with Gasteiger partial charge in [-0.15, -0.1) is 0 Å². The van der Waals surface area contributed by atoms with Gasteiger partial charge in [-0.3, -0.25) is 0 Å². The van der Waals surface area contributed by atoms with Crippen molar-refractivity contribution in [2.45, 2.75) is 52.1 Å². The molecule has 13 heavy (non-hydrogen) atoms. The van der Waals surface area contributed by atoms with Gasteiger partial charge in [0.1, 0.15) is 6.17 Å². The second-order valence-corrected chi connectivity index (χ2v) is 5.18. The van der Waals surface area contributed by atoms with Crippen LogP contribution < -0.4 is 5.73 Å². The molecule has 1 aliphatic carbocycles. The first kappa shape index (κ1) is 11.0. The first-order chi connectivity index (χ1) is 6.03. The molecular weight excluding hydrogens is 165 g/mol. The molecule has 0 heterocycles. The van der Waals surface area contributed by atoms with Gasteiger partial charge in [0.25, 0.3) is 0 Å². The van der Waals surface area contributed by atoms with Crippen molar-refractivity contribution < 1.29 is 4.39 Å². The highest BCUT2D eigenvalue weighted by atomic mass is 19.1. The molecule has 1 atom stereocenters. The molecule has 2 N–H and O–H groups in total. The first-order valence-corrected chi connectivity index (χ1v) is 5.37. The minimum Gasteiger partial charge on any atom is -0.328 e. The largest absolute Gasteiger partial charge is 0.328 e. The van der Waals surface area contributed by atoms with E-state index in [0.717, 1.165) is 0 Å². The molecule has 1 fully saturated rings. The van der Waals surface area contributed by atoms with Crippen LogP contribution in [0.3, 0.4) is 0 Å². The molecule has 0 saturated heterocycles. The van der Waals surface area contributed by atoms with E-state index in [1.807, 2.05) is 0 Å². The zero-order valence-electron chi connectivity index (χ0n) is 8.85. The van der Waals surface area contributed by atoms with Crippen LogP contribution in [0.1, 0.15) is 46.0 Å². The molecule has 1 rings (SSSR count). The molecule has 0 aromatic heterocycles. The van der Waals surface area contributed by atoms with E-state index in [1.165, 1.54) is 25.7 Å². The summed E-state index contributed by atoms with van der Waals surface area (Å²) in [5, 5.41) is 0. The smallest absolute Gasteiger partial charge is 0.113 e. The maximum Gasteiger partial charge on any atom is 0.113 e. The number of rotatable bonds is 3. The van der Waals surface area contributed by atoms with E-state index in [-0.39, 0.29) is 6.54 Å². The molecule has 0 bridgehead atoms. The Hall–Kier alpha value is -0.110. The fourth-order valence-electron chi connectivity index (χ4n) is 2.15. The van der Waals surface area contributed by atoms with E-state index < -0.39 is 6.17 Å². The third kappa shape index (κ3) is 3.63. The highest BCUT2D eigenvalue weighted by molar-refractivity contribution is 4.79. The molecule has 0 amide bonds. The van der Waals surface area contributed by atoms with E-state index in [2.05, 4.69) is 13.8 Å². The van der Waals surface area contributed by atoms with E-state index in [4.69, 9.17) is 5.73 Å². The zero-order valence-corrected chi connectivity index (χ0v) is 8.85. The number of halogens is 1. The topological polar surface area (TPSA) is 26.0 Å². The number of hydrogen-bond donors (Lipinski definition) is 1. The van der Waals surface area contributed by atoms with Gasteiger partial charge in [-0.05, 0) is 43.4 Å². The lowest BCUT2D eigenvalue weighted by atomic mass is 9.72. The SMILES string of the molecule is CC1(C)CCC(CC(F)CN)CC1. The monoisotopic (exact) mass is 187 g/mol. The standard InChI is InChI=1S/C11H22FN/c1-11(2)5-3-9(4-6-11)7-10(12)8-13/h9-10H,3-8,13H2,1-2H3. The maximum absolute atomic E-state index is 13.0. The second kappa shape index (κ2) is 4.41. The summed E-state index contributed by atoms with van der Waals surface area (Å²) in [6.07, 6.45) is 4.78. The van der Waals surface area contributed by atoms with Crippen LogP contribution in [0, 0.1) is 11.3 Å². The molecule has 1 aliphatic rings. The van der Waals surface area contributed by atoms with Gasteiger partial charge in [-0.2, -0.15) is 0 Å². The van der Waals surface area contributed by atoms with Gasteiger partial charge in [0.15, 0.2) is 0 Å². The molecule has 2 heteroatoms. The third-order valence-corrected chi connectivity index (χ3v) is 3.30. The van der Waals surface area contributed by atoms with Crippen molar-refractivity contribution in [1.82, 2.24) is 0 Å². The summed E-state index contributed by atoms with van der Waals surface area (Å²) in [4.78, 5) is 0. The van der Waals surface area contributed by atoms with Crippen LogP contribution in [0.25, 0.3) is 0 Å². The Morgan fingerprint density at radius 2 is 1.92 bits per heavy atom. The summed E-state index contributed by atoms with van der Waals surface area (Å²) in [5.74, 6) is 0.589. The lowest BCUT2D eigenvalue weighted by Gasteiger charge is -2.34. The van der Waals surface area contributed by atoms with Crippen molar-refractivity contribution in [1.29, 1.82) is 0 Å². The molecule has 0 aromatic carbocycles. The van der Waals surface area contributed by atoms with E-state index in [1.54, 1.807) is 0 Å². The molecule has 0 aromatic rings. The Morgan fingerprint density at radius 3 is 2.38 bits per heavy atom. The molecular formula is C11H22FN. The summed E-state index contributed by atoms with van der Waals surface area (Å²) in [5.41, 5.74) is 5.76. The minimum absolute atomic E-state index is 0.194. The van der Waals surface area contributed by atoms with Crippen molar-refractivity contribution in [3.8, 4) is 0 Å². The number of alkyl halides is 1. The van der Waals surface area contributed by atoms with Crippen LogP contribution in [0.15, 0.2) is 0 Å². The average Bonchev–Trinajstić information content (AvgIpc) is 2.08. The average molecular weight is 187 g/mol. The van der Waals surface area contributed by atoms with Gasteiger partial charge < -0.3 is 5.73 Å². The molecule has 78 valence electrons. The van der Waals surface area contributed by atoms with Gasteiger partial charge in [-0.25, -0.2) is 4.39 Å². The van der Waals surface area contributed by atoms with Crippen LogP contribution in [-0.4, -0.2) is 12.7 Å². The van der Waals surface area contributed by atoms with Crippen LogP contribution in [0.2, 0.25) is 0 Å². The van der Waals surface area contributed by atoms with Gasteiger partial charge in [0.2, 0.25) is 0 Å². The Morgan fingerprint density at radius 1 is 1.38 bits per heavy atom. The van der Waals surface area contributed by atoms with Crippen LogP contribution >= 0.6 is 0 Å². The quantitative estimate of drug-likeness (QED) is 0.722. The van der Waals surface area contributed by atoms with Crippen LogP contribution in [0.4, 0.5) is 4.39 Å². The first-order valence-electron chi connectivity index (χ1n) is 5.37. The van der Waals surface area contributed by atoms with E-state index in [0.29, 0.717) is 17.8 Å². The normalized spacial score (nSPS) is 25.8. The van der Waals surface area contributed by atoms with Crippen molar-refractivity contribution in [3.63, 3.8) is 0 Å². The second-order valence-electron chi connectivity index (χ2n) is 5.18. The Balaban J connectivity index is 2.25. The Bertz CT molecular complexity index is 146. The maximum atomic E-state index is 13.0. The summed E-state index contributed by atoms with van der Waals surface area (Å²) < 4.78 is 13.0. The Kier molecular flexibility index (Phi) is 3.72. The summed E-state index contributed by atoms with van der Waals surface area (Å²) >= 11 is 0. The van der Waals surface area contributed by atoms with E-state index >= 15 is 0 Å². The minimum atomic E-state index is -0.772. The van der Waals surface area contributed by atoms with Gasteiger partial charge >= 0.3 is 0 Å². The van der Waals surface area contributed by atoms with Crippen molar-refractivity contribution in [2.75, 3.05) is 6.54 Å². The number of hydrogen-bond acceptors (Lipinski definition) is 1. The number of nitrogens with two attached hydrogens (primary N) is 1. The van der Waals surface area contributed by atoms with E-state index in [9.17, 15) is 4.39 Å². The molecule has 0 aliphatic heterocycles. The van der Waals surface area contributed by atoms with Gasteiger partial charge in [0.05, 0.1) is 0 Å². The predicted octanol–water partition coefficient (Wildman–Crippen LogP) is 2.89. The highest BCUT2D eigenvalue weighted by Gasteiger charge is 2.27. The van der Waals surface area contributed by atoms with Gasteiger partial charge in [-0.1, -0.05) is 13.8 Å². The van der Waals surface area contributed by atoms with Crippen LogP contribution in [0.5, 0.6) is 0 Å². The fraction of sp³-hybridized carbons (Fsp3) is 1.00.